The van der Waals surface area contributed by atoms with E-state index in [2.05, 4.69) is 6.92 Å². The molecule has 0 saturated carbocycles. The largest absolute Gasteiger partial charge is 0.394 e. The first-order valence-electron chi connectivity index (χ1n) is 3.50. The first kappa shape index (κ1) is 7.03. The van der Waals surface area contributed by atoms with E-state index >= 15 is 0 Å². The van der Waals surface area contributed by atoms with Crippen LogP contribution in [0.5, 0.6) is 0 Å². The van der Waals surface area contributed by atoms with Gasteiger partial charge in [-0.15, -0.1) is 0 Å². The first-order chi connectivity index (χ1) is 4.24. The Morgan fingerprint density at radius 2 is 2.22 bits per heavy atom. The van der Waals surface area contributed by atoms with Gasteiger partial charge in [-0.05, 0) is 19.3 Å². The normalized spacial score (nSPS) is 43.7. The lowest BCUT2D eigenvalue weighted by Gasteiger charge is -2.09. The van der Waals surface area contributed by atoms with Gasteiger partial charge in [-0.25, -0.2) is 0 Å². The molecule has 0 spiro atoms. The fourth-order valence-corrected chi connectivity index (χ4v) is 1.39. The van der Waals surface area contributed by atoms with Crippen LogP contribution in [0.15, 0.2) is 0 Å². The Kier molecular flexibility index (Phi) is 2.09. The van der Waals surface area contributed by atoms with Crippen molar-refractivity contribution < 1.29 is 9.84 Å². The molecular formula is C7H14O2. The van der Waals surface area contributed by atoms with Gasteiger partial charge in [-0.2, -0.15) is 0 Å². The number of hydrogen-bond acceptors (Lipinski definition) is 2. The van der Waals surface area contributed by atoms with Gasteiger partial charge in [-0.1, -0.05) is 6.92 Å². The Balaban J connectivity index is 2.38. The third-order valence-electron chi connectivity index (χ3n) is 1.93. The summed E-state index contributed by atoms with van der Waals surface area (Å²) in [5.74, 6) is 0.532. The van der Waals surface area contributed by atoms with Crippen LogP contribution in [0.3, 0.4) is 0 Å². The molecule has 0 radical (unpaired) electrons. The van der Waals surface area contributed by atoms with Gasteiger partial charge in [-0.3, -0.25) is 0 Å². The summed E-state index contributed by atoms with van der Waals surface area (Å²) in [6.07, 6.45) is 1.53. The number of hydrogen-bond donors (Lipinski definition) is 1. The molecule has 1 saturated heterocycles. The molecule has 1 aliphatic heterocycles. The Bertz CT molecular complexity index is 92.9. The summed E-state index contributed by atoms with van der Waals surface area (Å²) in [7, 11) is 0. The van der Waals surface area contributed by atoms with Gasteiger partial charge in [0.15, 0.2) is 0 Å². The summed E-state index contributed by atoms with van der Waals surface area (Å²) < 4.78 is 5.37. The van der Waals surface area contributed by atoms with Crippen molar-refractivity contribution in [1.82, 2.24) is 0 Å². The maximum atomic E-state index is 8.73. The van der Waals surface area contributed by atoms with Gasteiger partial charge in [0, 0.05) is 0 Å². The number of rotatable bonds is 1. The molecule has 2 unspecified atom stereocenters. The van der Waals surface area contributed by atoms with Gasteiger partial charge < -0.3 is 9.84 Å². The molecule has 0 aromatic rings. The van der Waals surface area contributed by atoms with Crippen LogP contribution in [0, 0.1) is 5.92 Å². The van der Waals surface area contributed by atoms with Crippen molar-refractivity contribution in [1.29, 1.82) is 0 Å². The zero-order valence-electron chi connectivity index (χ0n) is 6.00. The average molecular weight is 130 g/mol. The monoisotopic (exact) mass is 130 g/mol. The molecule has 0 aromatic carbocycles. The van der Waals surface area contributed by atoms with Crippen molar-refractivity contribution in [3.8, 4) is 0 Å². The Morgan fingerprint density at radius 3 is 2.44 bits per heavy atom. The predicted octanol–water partition coefficient (Wildman–Crippen LogP) is 0.792. The predicted molar refractivity (Wildman–Crippen MR) is 35.2 cm³/mol. The van der Waals surface area contributed by atoms with Gasteiger partial charge in [0.05, 0.1) is 18.8 Å². The third-order valence-corrected chi connectivity index (χ3v) is 1.93. The van der Waals surface area contributed by atoms with E-state index in [0.29, 0.717) is 12.0 Å². The van der Waals surface area contributed by atoms with Crippen LogP contribution in [-0.2, 0) is 4.74 Å². The van der Waals surface area contributed by atoms with Crippen molar-refractivity contribution in [2.75, 3.05) is 6.61 Å². The summed E-state index contributed by atoms with van der Waals surface area (Å²) in [6, 6.07) is 0. The van der Waals surface area contributed by atoms with Crippen molar-refractivity contribution >= 4 is 0 Å². The quantitative estimate of drug-likeness (QED) is 0.568. The van der Waals surface area contributed by atoms with Crippen molar-refractivity contribution in [2.24, 2.45) is 5.92 Å². The lowest BCUT2D eigenvalue weighted by molar-refractivity contribution is 0.00884. The fourth-order valence-electron chi connectivity index (χ4n) is 1.39. The molecule has 1 heterocycles. The molecule has 2 heteroatoms. The molecule has 0 amide bonds. The molecule has 54 valence electrons. The van der Waals surface area contributed by atoms with Gasteiger partial charge >= 0.3 is 0 Å². The first-order valence-corrected chi connectivity index (χ1v) is 3.50. The van der Waals surface area contributed by atoms with E-state index in [0.717, 1.165) is 6.42 Å². The molecular weight excluding hydrogens is 116 g/mol. The minimum Gasteiger partial charge on any atom is -0.394 e. The van der Waals surface area contributed by atoms with Gasteiger partial charge in [0.1, 0.15) is 0 Å². The number of ether oxygens (including phenoxy) is 1. The van der Waals surface area contributed by atoms with E-state index in [1.54, 1.807) is 0 Å². The van der Waals surface area contributed by atoms with Crippen LogP contribution in [0.2, 0.25) is 0 Å². The molecule has 0 aromatic heterocycles. The van der Waals surface area contributed by atoms with E-state index in [-0.39, 0.29) is 12.7 Å². The van der Waals surface area contributed by atoms with Crippen molar-refractivity contribution in [2.45, 2.75) is 32.5 Å². The van der Waals surface area contributed by atoms with Crippen LogP contribution in [0.1, 0.15) is 20.3 Å². The minimum atomic E-state index is 0.0972. The second kappa shape index (κ2) is 2.67. The van der Waals surface area contributed by atoms with Crippen LogP contribution in [-0.4, -0.2) is 23.9 Å². The van der Waals surface area contributed by atoms with E-state index in [1.165, 1.54) is 0 Å². The number of aliphatic hydroxyl groups excluding tert-OH is 1. The molecule has 0 aliphatic carbocycles. The standard InChI is InChI=1S/C7H14O2/c1-5-3-6(2)9-7(5)4-8/h5-8H,3-4H2,1-2H3/t5-,6?,7?/m0/s1. The fraction of sp³-hybridized carbons (Fsp3) is 1.00. The molecule has 0 bridgehead atoms. The van der Waals surface area contributed by atoms with Crippen molar-refractivity contribution in [3.63, 3.8) is 0 Å². The summed E-state index contributed by atoms with van der Waals surface area (Å²) in [5.41, 5.74) is 0. The van der Waals surface area contributed by atoms with E-state index < -0.39 is 0 Å². The van der Waals surface area contributed by atoms with Crippen LogP contribution in [0.4, 0.5) is 0 Å². The molecule has 1 aliphatic rings. The lowest BCUT2D eigenvalue weighted by Crippen LogP contribution is -2.18. The lowest BCUT2D eigenvalue weighted by atomic mass is 10.0. The van der Waals surface area contributed by atoms with Crippen LogP contribution in [0.25, 0.3) is 0 Å². The zero-order chi connectivity index (χ0) is 6.85. The topological polar surface area (TPSA) is 29.5 Å². The highest BCUT2D eigenvalue weighted by Crippen LogP contribution is 2.24. The zero-order valence-corrected chi connectivity index (χ0v) is 6.00. The van der Waals surface area contributed by atoms with Crippen molar-refractivity contribution in [3.05, 3.63) is 0 Å². The minimum absolute atomic E-state index is 0.0972. The molecule has 1 N–H and O–H groups in total. The summed E-state index contributed by atoms with van der Waals surface area (Å²) >= 11 is 0. The van der Waals surface area contributed by atoms with E-state index in [9.17, 15) is 0 Å². The maximum Gasteiger partial charge on any atom is 0.0835 e. The molecule has 3 atom stereocenters. The SMILES string of the molecule is CC1C[C@H](C)C(CO)O1. The van der Waals surface area contributed by atoms with Crippen LogP contribution >= 0.6 is 0 Å². The highest BCUT2D eigenvalue weighted by Gasteiger charge is 2.28. The third kappa shape index (κ3) is 1.43. The van der Waals surface area contributed by atoms with Gasteiger partial charge in [0.25, 0.3) is 0 Å². The smallest absolute Gasteiger partial charge is 0.0835 e. The number of aliphatic hydroxyl groups is 1. The van der Waals surface area contributed by atoms with Crippen LogP contribution < -0.4 is 0 Å². The summed E-state index contributed by atoms with van der Waals surface area (Å²) in [6.45, 7) is 4.34. The molecule has 2 nitrogen and oxygen atoms in total. The molecule has 1 rings (SSSR count). The maximum absolute atomic E-state index is 8.73. The second-order valence-electron chi connectivity index (χ2n) is 2.88. The second-order valence-corrected chi connectivity index (χ2v) is 2.88. The molecule has 9 heavy (non-hydrogen) atoms. The average Bonchev–Trinajstić information content (AvgIpc) is 2.10. The highest BCUT2D eigenvalue weighted by atomic mass is 16.5. The Morgan fingerprint density at radius 1 is 1.56 bits per heavy atom. The van der Waals surface area contributed by atoms with E-state index in [4.69, 9.17) is 9.84 Å². The Hall–Kier alpha value is -0.0800. The van der Waals surface area contributed by atoms with Gasteiger partial charge in [0.2, 0.25) is 0 Å². The Labute approximate surface area is 55.8 Å². The molecule has 1 fully saturated rings. The highest BCUT2D eigenvalue weighted by molar-refractivity contribution is 4.76. The summed E-state index contributed by atoms with van der Waals surface area (Å²) in [5, 5.41) is 8.73. The summed E-state index contributed by atoms with van der Waals surface area (Å²) in [4.78, 5) is 0. The van der Waals surface area contributed by atoms with E-state index in [1.807, 2.05) is 6.92 Å².